The van der Waals surface area contributed by atoms with Crippen molar-refractivity contribution in [1.29, 1.82) is 0 Å². The number of aliphatic hydroxyl groups is 1. The van der Waals surface area contributed by atoms with Crippen LogP contribution in [0.15, 0.2) is 0 Å². The zero-order valence-electron chi connectivity index (χ0n) is 7.62. The Morgan fingerprint density at radius 3 is 2.08 bits per heavy atom. The van der Waals surface area contributed by atoms with E-state index >= 15 is 0 Å². The van der Waals surface area contributed by atoms with Gasteiger partial charge in [0.1, 0.15) is 12.6 Å². The monoisotopic (exact) mass is 200 g/mol. The van der Waals surface area contributed by atoms with E-state index in [4.69, 9.17) is 10.2 Å². The van der Waals surface area contributed by atoms with Gasteiger partial charge in [-0.25, -0.2) is 0 Å². The lowest BCUT2D eigenvalue weighted by Crippen LogP contribution is -3.00. The molecule has 0 saturated heterocycles. The van der Waals surface area contributed by atoms with Gasteiger partial charge in [-0.15, -0.1) is 0 Å². The summed E-state index contributed by atoms with van der Waals surface area (Å²) in [6, 6.07) is 0. The topological polar surface area (TPSA) is 57.5 Å². The maximum absolute atomic E-state index is 10.1. The lowest BCUT2D eigenvalue weighted by atomic mass is 10.2. The van der Waals surface area contributed by atoms with Gasteiger partial charge in [0.25, 0.3) is 0 Å². The fraction of sp³-hybridized carbons (Fsp3) is 0.857. The average molecular weight is 201 g/mol. The van der Waals surface area contributed by atoms with Gasteiger partial charge in [0.15, 0.2) is 0 Å². The minimum absolute atomic E-state index is 0. The molecule has 0 amide bonds. The van der Waals surface area contributed by atoms with Crippen LogP contribution < -0.4 is 12.4 Å². The summed E-state index contributed by atoms with van der Waals surface area (Å²) in [5.41, 5.74) is 0. The Morgan fingerprint density at radius 2 is 1.83 bits per heavy atom. The molecule has 0 aliphatic rings. The van der Waals surface area contributed by atoms with Crippen LogP contribution in [0.4, 0.5) is 0 Å². The molecule has 0 heterocycles. The van der Waals surface area contributed by atoms with Crippen molar-refractivity contribution >= 4 is 5.97 Å². The Hall–Kier alpha value is -0.320. The van der Waals surface area contributed by atoms with Gasteiger partial charge in [-0.05, 0) is 0 Å². The van der Waals surface area contributed by atoms with Crippen molar-refractivity contribution < 1.29 is 31.9 Å². The first-order chi connectivity index (χ1) is 4.81. The van der Waals surface area contributed by atoms with E-state index in [0.717, 1.165) is 0 Å². The number of rotatable bonds is 4. The number of hydrogen-bond donors (Lipinski definition) is 2. The number of hydrogen-bond acceptors (Lipinski definition) is 2. The lowest BCUT2D eigenvalue weighted by molar-refractivity contribution is -0.873. The summed E-state index contributed by atoms with van der Waals surface area (Å²) in [6.45, 7) is 0.465. The van der Waals surface area contributed by atoms with Crippen LogP contribution in [0, 0.1) is 0 Å². The van der Waals surface area contributed by atoms with Gasteiger partial charge in [0.05, 0.1) is 27.6 Å². The van der Waals surface area contributed by atoms with Crippen LogP contribution in [0.2, 0.25) is 0 Å². The fourth-order valence-corrected chi connectivity index (χ4v) is 0.898. The van der Waals surface area contributed by atoms with Gasteiger partial charge >= 0.3 is 5.97 Å². The van der Waals surface area contributed by atoms with E-state index in [1.54, 1.807) is 0 Å². The van der Waals surface area contributed by atoms with Crippen molar-refractivity contribution in [2.75, 3.05) is 27.7 Å². The van der Waals surface area contributed by atoms with Crippen LogP contribution in [0.5, 0.6) is 0 Å². The molecule has 0 bridgehead atoms. The van der Waals surface area contributed by atoms with E-state index in [-0.39, 0.29) is 18.8 Å². The second kappa shape index (κ2) is 5.35. The largest absolute Gasteiger partial charge is 1.00 e. The van der Waals surface area contributed by atoms with E-state index in [0.29, 0.717) is 11.0 Å². The van der Waals surface area contributed by atoms with Crippen LogP contribution in [0.1, 0.15) is 6.42 Å². The van der Waals surface area contributed by atoms with Crippen LogP contribution in [-0.4, -0.2) is 54.5 Å². The molecule has 0 aliphatic carbocycles. The third-order valence-electron chi connectivity index (χ3n) is 1.17. The number of aliphatic carboxylic acids is 1. The lowest BCUT2D eigenvalue weighted by Gasteiger charge is -2.25. The normalized spacial score (nSPS) is 13.3. The average Bonchev–Trinajstić information content (AvgIpc) is 1.53. The predicted molar refractivity (Wildman–Crippen MR) is 41.2 cm³/mol. The Bertz CT molecular complexity index is 144. The van der Waals surface area contributed by atoms with Gasteiger partial charge in [-0.2, -0.15) is 0 Å². The molecule has 0 saturated carbocycles. The van der Waals surface area contributed by atoms with E-state index < -0.39 is 12.1 Å². The summed E-state index contributed by atoms with van der Waals surface area (Å²) < 4.78 is 0.578. The molecule has 4 nitrogen and oxygen atoms in total. The number of aliphatic hydroxyl groups excluding tert-OH is 1. The minimum Gasteiger partial charge on any atom is -1.00 e. The van der Waals surface area contributed by atoms with Gasteiger partial charge in [0.2, 0.25) is 0 Å². The summed E-state index contributed by atoms with van der Waals surface area (Å²) in [5.74, 6) is -0.953. The van der Waals surface area contributed by atoms with Crippen LogP contribution in [0.3, 0.4) is 0 Å². The minimum atomic E-state index is -0.953. The molecule has 0 aliphatic heterocycles. The molecule has 0 rings (SSSR count). The molecule has 12 heavy (non-hydrogen) atoms. The Morgan fingerprint density at radius 1 is 1.42 bits per heavy atom. The SMILES string of the molecule is [13CH3][N+]([13CH3])([13CH3])C[C@H](O)CC(=O)O.[Cl-]. The van der Waals surface area contributed by atoms with Crippen LogP contribution in [0.25, 0.3) is 0 Å². The summed E-state index contributed by atoms with van der Waals surface area (Å²) in [6.07, 6.45) is -0.914. The first-order valence-electron chi connectivity index (χ1n) is 3.51. The molecule has 0 aromatic rings. The van der Waals surface area contributed by atoms with Crippen molar-refractivity contribution in [1.82, 2.24) is 0 Å². The Labute approximate surface area is 78.8 Å². The highest BCUT2D eigenvalue weighted by molar-refractivity contribution is 5.67. The van der Waals surface area contributed by atoms with Crippen LogP contribution >= 0.6 is 0 Å². The highest BCUT2D eigenvalue weighted by atomic mass is 35.5. The van der Waals surface area contributed by atoms with Crippen LogP contribution in [-0.2, 0) is 4.79 Å². The number of carboxylic acid groups (broad SMARTS) is 1. The molecular formula is C7H16ClNO3. The zero-order valence-corrected chi connectivity index (χ0v) is 8.38. The summed E-state index contributed by atoms with van der Waals surface area (Å²) in [5, 5.41) is 17.5. The summed E-state index contributed by atoms with van der Waals surface area (Å²) in [4.78, 5) is 10.1. The first-order valence-corrected chi connectivity index (χ1v) is 3.51. The molecule has 0 radical (unpaired) electrons. The molecule has 5 heteroatoms. The number of carboxylic acids is 1. The number of nitrogens with zero attached hydrogens (tertiary/aromatic N) is 1. The molecule has 1 atom stereocenters. The number of halogens is 1. The predicted octanol–water partition coefficient (Wildman–Crippen LogP) is -3.47. The van der Waals surface area contributed by atoms with E-state index in [1.165, 1.54) is 0 Å². The highest BCUT2D eigenvalue weighted by Gasteiger charge is 2.17. The maximum Gasteiger partial charge on any atom is 0.306 e. The molecule has 0 aromatic carbocycles. The molecule has 0 aromatic heterocycles. The third-order valence-corrected chi connectivity index (χ3v) is 1.17. The second-order valence-electron chi connectivity index (χ2n) is 3.72. The molecule has 2 N–H and O–H groups in total. The van der Waals surface area contributed by atoms with Crippen molar-refractivity contribution in [3.8, 4) is 0 Å². The molecular weight excluding hydrogens is 185 g/mol. The number of likely N-dealkylation sites (N-methyl/N-ethyl adjacent to an activating group) is 1. The van der Waals surface area contributed by atoms with Gasteiger partial charge in [-0.3, -0.25) is 4.79 Å². The van der Waals surface area contributed by atoms with Crippen molar-refractivity contribution in [2.45, 2.75) is 12.5 Å². The molecule has 0 unspecified atom stereocenters. The van der Waals surface area contributed by atoms with Gasteiger partial charge in [-0.1, -0.05) is 0 Å². The van der Waals surface area contributed by atoms with E-state index in [9.17, 15) is 4.79 Å². The quantitative estimate of drug-likeness (QED) is 0.366. The Balaban J connectivity index is 0. The standard InChI is InChI=1S/C7H15NO3.ClH/c1-8(2,3)5-6(9)4-7(10)11;/h6,9H,4-5H2,1-3H3;1H/t6-;/m1./s1/i1+1,2+1,3+1;. The number of quaternary nitrogens is 1. The molecule has 0 spiro atoms. The highest BCUT2D eigenvalue weighted by Crippen LogP contribution is 1.98. The van der Waals surface area contributed by atoms with Crippen molar-refractivity contribution in [2.24, 2.45) is 0 Å². The fourth-order valence-electron chi connectivity index (χ4n) is 0.898. The smallest absolute Gasteiger partial charge is 0.306 e. The zero-order chi connectivity index (χ0) is 9.07. The van der Waals surface area contributed by atoms with Gasteiger partial charge < -0.3 is 27.1 Å². The third kappa shape index (κ3) is 9.68. The summed E-state index contributed by atoms with van der Waals surface area (Å²) in [7, 11) is 5.72. The summed E-state index contributed by atoms with van der Waals surface area (Å²) >= 11 is 0. The van der Waals surface area contributed by atoms with Gasteiger partial charge in [0, 0.05) is 0 Å². The Kier molecular flexibility index (Phi) is 6.34. The second-order valence-corrected chi connectivity index (χ2v) is 3.72. The number of carbonyl (C=O) groups is 1. The first kappa shape index (κ1) is 14.2. The maximum atomic E-state index is 10.1. The van der Waals surface area contributed by atoms with E-state index in [1.807, 2.05) is 21.1 Å². The molecule has 0 fully saturated rings. The molecule has 74 valence electrons. The van der Waals surface area contributed by atoms with Crippen molar-refractivity contribution in [3.63, 3.8) is 0 Å². The van der Waals surface area contributed by atoms with E-state index in [2.05, 4.69) is 0 Å². The van der Waals surface area contributed by atoms with Crippen molar-refractivity contribution in [3.05, 3.63) is 0 Å².